The average Bonchev–Trinajstić information content (AvgIpc) is 3.15. The lowest BCUT2D eigenvalue weighted by molar-refractivity contribution is -0.127. The summed E-state index contributed by atoms with van der Waals surface area (Å²) in [5, 5.41) is 9.34. The molecule has 0 aliphatic carbocycles. The minimum absolute atomic E-state index is 0.0298. The number of rotatable bonds is 8. The molecule has 26 heavy (non-hydrogen) atoms. The Kier molecular flexibility index (Phi) is 8.80. The molecule has 0 saturated carbocycles. The maximum Gasteiger partial charge on any atom is 0.243 e. The molecule has 8 heteroatoms. The molecular weight excluding hydrogens is 388 g/mol. The van der Waals surface area contributed by atoms with Crippen LogP contribution in [-0.4, -0.2) is 49.7 Å². The van der Waals surface area contributed by atoms with Gasteiger partial charge in [-0.15, -0.1) is 23.1 Å². The molecule has 5 nitrogen and oxygen atoms in total. The molecule has 0 fully saturated rings. The first-order chi connectivity index (χ1) is 12.5. The molecular formula is C18H23ClN4OS2. The first-order valence-corrected chi connectivity index (χ1v) is 10.4. The van der Waals surface area contributed by atoms with Gasteiger partial charge in [-0.3, -0.25) is 4.79 Å². The van der Waals surface area contributed by atoms with Gasteiger partial charge in [0.1, 0.15) is 6.54 Å². The number of thiophene rings is 1. The number of carbonyl (C=O) groups excluding carboxylic acids is 1. The number of halogens is 1. The Balaban J connectivity index is 1.82. The number of thioether (sulfide) groups is 1. The first kappa shape index (κ1) is 20.6. The zero-order chi connectivity index (χ0) is 18.8. The zero-order valence-electron chi connectivity index (χ0n) is 14.9. The van der Waals surface area contributed by atoms with E-state index in [2.05, 4.69) is 21.7 Å². The third kappa shape index (κ3) is 7.68. The summed E-state index contributed by atoms with van der Waals surface area (Å²) in [6, 6.07) is 11.9. The lowest BCUT2D eigenvalue weighted by Crippen LogP contribution is -2.39. The number of nitrogens with one attached hydrogen (secondary N) is 2. The van der Waals surface area contributed by atoms with Crippen molar-refractivity contribution in [3.05, 3.63) is 51.7 Å². The highest BCUT2D eigenvalue weighted by atomic mass is 35.5. The van der Waals surface area contributed by atoms with Gasteiger partial charge in [-0.25, -0.2) is 4.99 Å². The Bertz CT molecular complexity index is 702. The van der Waals surface area contributed by atoms with E-state index < -0.39 is 0 Å². The lowest BCUT2D eigenvalue weighted by atomic mass is 10.4. The minimum Gasteiger partial charge on any atom is -0.356 e. The fraction of sp³-hybridized carbons (Fsp3) is 0.333. The number of guanidine groups is 1. The van der Waals surface area contributed by atoms with Crippen LogP contribution in [0.15, 0.2) is 51.7 Å². The van der Waals surface area contributed by atoms with Crippen molar-refractivity contribution in [1.82, 2.24) is 15.5 Å². The van der Waals surface area contributed by atoms with Crippen LogP contribution in [0, 0.1) is 0 Å². The number of amides is 1. The van der Waals surface area contributed by atoms with Gasteiger partial charge in [0.05, 0.1) is 6.54 Å². The van der Waals surface area contributed by atoms with Crippen LogP contribution in [0.1, 0.15) is 4.88 Å². The summed E-state index contributed by atoms with van der Waals surface area (Å²) in [6.45, 7) is 1.54. The van der Waals surface area contributed by atoms with E-state index in [9.17, 15) is 4.79 Å². The number of hydrogen-bond acceptors (Lipinski definition) is 4. The number of hydrogen-bond donors (Lipinski definition) is 2. The van der Waals surface area contributed by atoms with E-state index in [-0.39, 0.29) is 12.5 Å². The number of carbonyl (C=O) groups is 1. The Morgan fingerprint density at radius 3 is 2.65 bits per heavy atom. The van der Waals surface area contributed by atoms with E-state index in [4.69, 9.17) is 11.6 Å². The summed E-state index contributed by atoms with van der Waals surface area (Å²) in [6.07, 6.45) is 0. The lowest BCUT2D eigenvalue weighted by Gasteiger charge is -2.13. The molecule has 1 aromatic heterocycles. The molecule has 0 radical (unpaired) electrons. The smallest absolute Gasteiger partial charge is 0.243 e. The van der Waals surface area contributed by atoms with Crippen LogP contribution in [0.2, 0.25) is 5.02 Å². The number of likely N-dealkylation sites (N-methyl/N-ethyl adjacent to an activating group) is 1. The summed E-state index contributed by atoms with van der Waals surface area (Å²) in [4.78, 5) is 20.1. The quantitative estimate of drug-likeness (QED) is 0.303. The molecule has 0 aliphatic rings. The monoisotopic (exact) mass is 410 g/mol. The molecule has 0 spiro atoms. The Morgan fingerprint density at radius 2 is 2.00 bits per heavy atom. The van der Waals surface area contributed by atoms with E-state index in [0.29, 0.717) is 12.5 Å². The average molecular weight is 411 g/mol. The first-order valence-electron chi connectivity index (χ1n) is 8.17. The van der Waals surface area contributed by atoms with E-state index >= 15 is 0 Å². The molecule has 0 aliphatic heterocycles. The minimum atomic E-state index is -0.0298. The Labute approximate surface area is 167 Å². The van der Waals surface area contributed by atoms with E-state index in [1.807, 2.05) is 35.7 Å². The van der Waals surface area contributed by atoms with Crippen molar-refractivity contribution in [2.75, 3.05) is 32.9 Å². The van der Waals surface area contributed by atoms with Crippen LogP contribution in [-0.2, 0) is 11.3 Å². The van der Waals surface area contributed by atoms with Crippen molar-refractivity contribution < 1.29 is 4.79 Å². The van der Waals surface area contributed by atoms with Gasteiger partial charge in [0.25, 0.3) is 0 Å². The molecule has 0 unspecified atom stereocenters. The molecule has 0 atom stereocenters. The second-order valence-electron chi connectivity index (χ2n) is 5.62. The molecule has 140 valence electrons. The van der Waals surface area contributed by atoms with Crippen LogP contribution < -0.4 is 10.6 Å². The Hall–Kier alpha value is -1.70. The molecule has 1 amide bonds. The van der Waals surface area contributed by atoms with Gasteiger partial charge in [-0.05, 0) is 35.7 Å². The summed E-state index contributed by atoms with van der Waals surface area (Å²) >= 11 is 9.32. The third-order valence-corrected chi connectivity index (χ3v) is 5.50. The van der Waals surface area contributed by atoms with Crippen LogP contribution in [0.4, 0.5) is 0 Å². The van der Waals surface area contributed by atoms with Crippen molar-refractivity contribution in [3.63, 3.8) is 0 Å². The van der Waals surface area contributed by atoms with Crippen molar-refractivity contribution >= 4 is 46.6 Å². The van der Waals surface area contributed by atoms with Crippen molar-refractivity contribution in [1.29, 1.82) is 0 Å². The molecule has 0 saturated heterocycles. The van der Waals surface area contributed by atoms with Crippen LogP contribution >= 0.6 is 34.7 Å². The predicted octanol–water partition coefficient (Wildman–Crippen LogP) is 3.32. The van der Waals surface area contributed by atoms with Crippen LogP contribution in [0.3, 0.4) is 0 Å². The highest BCUT2D eigenvalue weighted by Crippen LogP contribution is 2.19. The van der Waals surface area contributed by atoms with Crippen LogP contribution in [0.25, 0.3) is 0 Å². The van der Waals surface area contributed by atoms with Crippen molar-refractivity contribution in [2.45, 2.75) is 11.4 Å². The fourth-order valence-corrected chi connectivity index (χ4v) is 3.45. The van der Waals surface area contributed by atoms with Crippen molar-refractivity contribution in [2.24, 2.45) is 4.99 Å². The molecule has 2 aromatic rings. The number of nitrogens with zero attached hydrogens (tertiary/aromatic N) is 2. The standard InChI is InChI=1S/C18H23ClN4OS2/c1-23(2)17(24)13-22-18(21-12-16-4-3-10-25-16)20-9-11-26-15-7-5-14(19)6-8-15/h3-8,10H,9,11-13H2,1-2H3,(H2,20,21,22). The molecule has 1 heterocycles. The second kappa shape index (κ2) is 11.1. The second-order valence-corrected chi connectivity index (χ2v) is 8.25. The maximum atomic E-state index is 11.8. The summed E-state index contributed by atoms with van der Waals surface area (Å²) in [5.74, 6) is 1.49. The summed E-state index contributed by atoms with van der Waals surface area (Å²) in [7, 11) is 3.46. The highest BCUT2D eigenvalue weighted by molar-refractivity contribution is 7.99. The number of aliphatic imine (C=N–C) groups is 1. The van der Waals surface area contributed by atoms with E-state index in [1.165, 1.54) is 14.7 Å². The van der Waals surface area contributed by atoms with Gasteiger partial charge >= 0.3 is 0 Å². The number of benzene rings is 1. The normalized spacial score (nSPS) is 11.3. The predicted molar refractivity (Wildman–Crippen MR) is 112 cm³/mol. The van der Waals surface area contributed by atoms with Gasteiger partial charge in [0.15, 0.2) is 5.96 Å². The maximum absolute atomic E-state index is 11.8. The topological polar surface area (TPSA) is 56.7 Å². The summed E-state index contributed by atoms with van der Waals surface area (Å²) < 4.78 is 0. The van der Waals surface area contributed by atoms with E-state index in [0.717, 1.165) is 17.3 Å². The van der Waals surface area contributed by atoms with Gasteiger partial charge in [-0.1, -0.05) is 17.7 Å². The Morgan fingerprint density at radius 1 is 1.23 bits per heavy atom. The van der Waals surface area contributed by atoms with E-state index in [1.54, 1.807) is 37.2 Å². The highest BCUT2D eigenvalue weighted by Gasteiger charge is 2.05. The SMILES string of the molecule is CN(C)C(=O)CN=C(NCCSc1ccc(Cl)cc1)NCc1cccs1. The van der Waals surface area contributed by atoms with Crippen LogP contribution in [0.5, 0.6) is 0 Å². The summed E-state index contributed by atoms with van der Waals surface area (Å²) in [5.41, 5.74) is 0. The van der Waals surface area contributed by atoms with Gasteiger partial charge in [-0.2, -0.15) is 0 Å². The fourth-order valence-electron chi connectivity index (χ4n) is 1.92. The third-order valence-electron chi connectivity index (χ3n) is 3.36. The molecule has 0 bridgehead atoms. The molecule has 1 aromatic carbocycles. The van der Waals surface area contributed by atoms with Crippen molar-refractivity contribution in [3.8, 4) is 0 Å². The molecule has 2 N–H and O–H groups in total. The van der Waals surface area contributed by atoms with Gasteiger partial charge in [0.2, 0.25) is 5.91 Å². The zero-order valence-corrected chi connectivity index (χ0v) is 17.3. The van der Waals surface area contributed by atoms with Gasteiger partial charge in [0, 0.05) is 41.2 Å². The molecule has 2 rings (SSSR count). The van der Waals surface area contributed by atoms with Gasteiger partial charge < -0.3 is 15.5 Å². The largest absolute Gasteiger partial charge is 0.356 e.